The van der Waals surface area contributed by atoms with E-state index in [4.69, 9.17) is 9.47 Å². The fourth-order valence-electron chi connectivity index (χ4n) is 3.33. The van der Waals surface area contributed by atoms with Crippen LogP contribution < -0.4 is 14.8 Å². The fraction of sp³-hybridized carbons (Fsp3) is 0.174. The van der Waals surface area contributed by atoms with E-state index in [2.05, 4.69) is 5.32 Å². The summed E-state index contributed by atoms with van der Waals surface area (Å²) < 4.78 is 77.4. The second-order valence-corrected chi connectivity index (χ2v) is 9.34. The Morgan fingerprint density at radius 2 is 1.68 bits per heavy atom. The SMILES string of the molecule is O=C(CN(Cc1ccccc1)S(=O)(=O)c1cccc(C(F)(F)F)c1)Nc1ccc2c(c1)OCO2. The molecule has 1 N–H and O–H groups in total. The molecule has 0 radical (unpaired) electrons. The quantitative estimate of drug-likeness (QED) is 0.533. The summed E-state index contributed by atoms with van der Waals surface area (Å²) in [5.41, 5.74) is -0.183. The number of hydrogen-bond acceptors (Lipinski definition) is 5. The number of anilines is 1. The first-order valence-electron chi connectivity index (χ1n) is 10.0. The maximum absolute atomic E-state index is 13.3. The number of carbonyl (C=O) groups is 1. The molecule has 0 aromatic heterocycles. The van der Waals surface area contributed by atoms with Crippen LogP contribution in [-0.2, 0) is 27.5 Å². The molecule has 0 saturated carbocycles. The minimum absolute atomic E-state index is 0.0484. The lowest BCUT2D eigenvalue weighted by Crippen LogP contribution is -2.37. The second-order valence-electron chi connectivity index (χ2n) is 7.40. The molecule has 3 aromatic carbocycles. The van der Waals surface area contributed by atoms with Gasteiger partial charge in [0.15, 0.2) is 11.5 Å². The number of nitrogens with zero attached hydrogens (tertiary/aromatic N) is 1. The van der Waals surface area contributed by atoms with Gasteiger partial charge in [0.2, 0.25) is 22.7 Å². The number of ether oxygens (including phenoxy) is 2. The molecule has 1 aliphatic heterocycles. The zero-order valence-corrected chi connectivity index (χ0v) is 18.4. The lowest BCUT2D eigenvalue weighted by atomic mass is 10.2. The Balaban J connectivity index is 1.60. The highest BCUT2D eigenvalue weighted by atomic mass is 32.2. The van der Waals surface area contributed by atoms with Crippen molar-refractivity contribution < 1.29 is 35.9 Å². The minimum atomic E-state index is -4.72. The number of amides is 1. The van der Waals surface area contributed by atoms with Crippen LogP contribution >= 0.6 is 0 Å². The van der Waals surface area contributed by atoms with Gasteiger partial charge >= 0.3 is 6.18 Å². The monoisotopic (exact) mass is 492 g/mol. The number of rotatable bonds is 7. The molecule has 0 aliphatic carbocycles. The Bertz CT molecular complexity index is 1300. The van der Waals surface area contributed by atoms with Gasteiger partial charge in [-0.25, -0.2) is 8.42 Å². The van der Waals surface area contributed by atoms with Crippen molar-refractivity contribution in [2.75, 3.05) is 18.7 Å². The average Bonchev–Trinajstić information content (AvgIpc) is 3.27. The number of alkyl halides is 3. The highest BCUT2D eigenvalue weighted by molar-refractivity contribution is 7.89. The van der Waals surface area contributed by atoms with E-state index in [9.17, 15) is 26.4 Å². The summed E-state index contributed by atoms with van der Waals surface area (Å²) in [5, 5.41) is 2.59. The third kappa shape index (κ3) is 5.32. The smallest absolute Gasteiger partial charge is 0.416 e. The molecule has 11 heteroatoms. The Hall–Kier alpha value is -3.57. The molecular formula is C23H19F3N2O5S. The molecule has 1 aliphatic rings. The van der Waals surface area contributed by atoms with Crippen molar-refractivity contribution in [3.05, 3.63) is 83.9 Å². The summed E-state index contributed by atoms with van der Waals surface area (Å²) in [6, 6.07) is 16.6. The van der Waals surface area contributed by atoms with Gasteiger partial charge in [-0.15, -0.1) is 0 Å². The number of benzene rings is 3. The fourth-order valence-corrected chi connectivity index (χ4v) is 4.76. The maximum Gasteiger partial charge on any atom is 0.416 e. The first-order valence-corrected chi connectivity index (χ1v) is 11.5. The molecule has 3 aromatic rings. The summed E-state index contributed by atoms with van der Waals surface area (Å²) in [6.07, 6.45) is -4.72. The second kappa shape index (κ2) is 9.35. The first-order chi connectivity index (χ1) is 16.1. The van der Waals surface area contributed by atoms with Crippen molar-refractivity contribution in [3.63, 3.8) is 0 Å². The summed E-state index contributed by atoms with van der Waals surface area (Å²) >= 11 is 0. The summed E-state index contributed by atoms with van der Waals surface area (Å²) in [7, 11) is -4.45. The van der Waals surface area contributed by atoms with E-state index in [0.29, 0.717) is 28.8 Å². The summed E-state index contributed by atoms with van der Waals surface area (Å²) in [5.74, 6) is 0.261. The topological polar surface area (TPSA) is 84.9 Å². The Morgan fingerprint density at radius 1 is 0.941 bits per heavy atom. The van der Waals surface area contributed by atoms with Crippen LogP contribution in [0.1, 0.15) is 11.1 Å². The van der Waals surface area contributed by atoms with Crippen LogP contribution in [-0.4, -0.2) is 32.0 Å². The van der Waals surface area contributed by atoms with Gasteiger partial charge in [0.1, 0.15) is 0 Å². The predicted molar refractivity (Wildman–Crippen MR) is 117 cm³/mol. The molecule has 0 fully saturated rings. The van der Waals surface area contributed by atoms with Crippen molar-refractivity contribution in [1.29, 1.82) is 0 Å². The molecule has 0 bridgehead atoms. The molecule has 1 heterocycles. The van der Waals surface area contributed by atoms with Gasteiger partial charge in [0.25, 0.3) is 0 Å². The number of sulfonamides is 1. The summed E-state index contributed by atoms with van der Waals surface area (Å²) in [6.45, 7) is -0.789. The predicted octanol–water partition coefficient (Wildman–Crippen LogP) is 4.26. The minimum Gasteiger partial charge on any atom is -0.454 e. The zero-order chi connectivity index (χ0) is 24.3. The molecule has 0 atom stereocenters. The lowest BCUT2D eigenvalue weighted by molar-refractivity contribution is -0.137. The maximum atomic E-state index is 13.3. The molecule has 1 amide bonds. The van der Waals surface area contributed by atoms with Crippen molar-refractivity contribution in [3.8, 4) is 11.5 Å². The zero-order valence-electron chi connectivity index (χ0n) is 17.6. The number of carbonyl (C=O) groups excluding carboxylic acids is 1. The van der Waals surface area contributed by atoms with Crippen LogP contribution in [0.2, 0.25) is 0 Å². The van der Waals surface area contributed by atoms with Gasteiger partial charge in [-0.1, -0.05) is 36.4 Å². The molecule has 4 rings (SSSR count). The third-order valence-corrected chi connectivity index (χ3v) is 6.76. The highest BCUT2D eigenvalue weighted by Crippen LogP contribution is 2.34. The van der Waals surface area contributed by atoms with E-state index < -0.39 is 39.1 Å². The van der Waals surface area contributed by atoms with Crippen molar-refractivity contribution in [1.82, 2.24) is 4.31 Å². The molecule has 34 heavy (non-hydrogen) atoms. The van der Waals surface area contributed by atoms with Crippen molar-refractivity contribution in [2.24, 2.45) is 0 Å². The number of nitrogens with one attached hydrogen (secondary N) is 1. The van der Waals surface area contributed by atoms with E-state index >= 15 is 0 Å². The number of fused-ring (bicyclic) bond motifs is 1. The van der Waals surface area contributed by atoms with Gasteiger partial charge in [-0.3, -0.25) is 4.79 Å². The number of hydrogen-bond donors (Lipinski definition) is 1. The molecule has 7 nitrogen and oxygen atoms in total. The molecule has 178 valence electrons. The molecule has 0 unspecified atom stereocenters. The summed E-state index contributed by atoms with van der Waals surface area (Å²) in [4.78, 5) is 12.2. The third-order valence-electron chi connectivity index (χ3n) is 4.98. The van der Waals surface area contributed by atoms with Crippen molar-refractivity contribution >= 4 is 21.6 Å². The Kier molecular flexibility index (Phi) is 6.49. The van der Waals surface area contributed by atoms with E-state index in [1.54, 1.807) is 42.5 Å². The van der Waals surface area contributed by atoms with Crippen LogP contribution in [0.4, 0.5) is 18.9 Å². The van der Waals surface area contributed by atoms with Gasteiger partial charge in [0.05, 0.1) is 17.0 Å². The van der Waals surface area contributed by atoms with Crippen LogP contribution in [0.3, 0.4) is 0 Å². The average molecular weight is 492 g/mol. The molecule has 0 spiro atoms. The normalized spacial score (nSPS) is 13.2. The van der Waals surface area contributed by atoms with Crippen LogP contribution in [0.5, 0.6) is 11.5 Å². The van der Waals surface area contributed by atoms with Gasteiger partial charge < -0.3 is 14.8 Å². The van der Waals surface area contributed by atoms with Crippen molar-refractivity contribution in [2.45, 2.75) is 17.6 Å². The first kappa shape index (κ1) is 23.6. The Labute approximate surface area is 193 Å². The van der Waals surface area contributed by atoms with Crippen LogP contribution in [0.25, 0.3) is 0 Å². The van der Waals surface area contributed by atoms with E-state index in [1.807, 2.05) is 0 Å². The largest absolute Gasteiger partial charge is 0.454 e. The van der Waals surface area contributed by atoms with Crippen LogP contribution in [0.15, 0.2) is 77.7 Å². The van der Waals surface area contributed by atoms with E-state index in [1.165, 1.54) is 6.07 Å². The lowest BCUT2D eigenvalue weighted by Gasteiger charge is -2.22. The van der Waals surface area contributed by atoms with Gasteiger partial charge in [-0.05, 0) is 35.9 Å². The van der Waals surface area contributed by atoms with Crippen LogP contribution in [0, 0.1) is 0 Å². The van der Waals surface area contributed by atoms with Gasteiger partial charge in [-0.2, -0.15) is 17.5 Å². The van der Waals surface area contributed by atoms with Gasteiger partial charge in [0, 0.05) is 18.3 Å². The van der Waals surface area contributed by atoms with E-state index in [0.717, 1.165) is 22.5 Å². The molecule has 0 saturated heterocycles. The standard InChI is InChI=1S/C23H19F3N2O5S/c24-23(25,26)17-7-4-8-19(11-17)34(30,31)28(13-16-5-2-1-3-6-16)14-22(29)27-18-9-10-20-21(12-18)33-15-32-20/h1-12H,13-15H2,(H,27,29). The number of halogens is 3. The highest BCUT2D eigenvalue weighted by Gasteiger charge is 2.33. The van der Waals surface area contributed by atoms with E-state index in [-0.39, 0.29) is 13.3 Å². The Morgan fingerprint density at radius 3 is 2.41 bits per heavy atom. The molecular weight excluding hydrogens is 473 g/mol.